The lowest BCUT2D eigenvalue weighted by atomic mass is 10.2. The zero-order chi connectivity index (χ0) is 19.1. The van der Waals surface area contributed by atoms with Gasteiger partial charge in [-0.15, -0.1) is 0 Å². The maximum atomic E-state index is 12.4. The normalized spacial score (nSPS) is 14.0. The zero-order valence-electron chi connectivity index (χ0n) is 15.2. The van der Waals surface area contributed by atoms with Crippen LogP contribution in [-0.2, 0) is 11.3 Å². The molecule has 0 radical (unpaired) electrons. The lowest BCUT2D eigenvalue weighted by molar-refractivity contribution is 0.0945. The van der Waals surface area contributed by atoms with E-state index in [1.54, 1.807) is 36.5 Å². The Labute approximate surface area is 157 Å². The van der Waals surface area contributed by atoms with Crippen LogP contribution in [0, 0.1) is 0 Å². The summed E-state index contributed by atoms with van der Waals surface area (Å²) in [5.41, 5.74) is 1.27. The molecule has 3 rings (SSSR count). The molecule has 2 aromatic heterocycles. The number of carbonyl (C=O) groups excluding carboxylic acids is 2. The highest BCUT2D eigenvalue weighted by atomic mass is 16.6. The van der Waals surface area contributed by atoms with Gasteiger partial charge in [0.2, 0.25) is 5.95 Å². The number of ether oxygens (including phenoxy) is 1. The van der Waals surface area contributed by atoms with Gasteiger partial charge in [0.25, 0.3) is 5.91 Å². The Morgan fingerprint density at radius 2 is 1.85 bits per heavy atom. The fraction of sp³-hybridized carbons (Fsp3) is 0.389. The van der Waals surface area contributed by atoms with Crippen molar-refractivity contribution in [3.63, 3.8) is 0 Å². The molecule has 0 bridgehead atoms. The third kappa shape index (κ3) is 4.90. The highest BCUT2D eigenvalue weighted by Crippen LogP contribution is 2.12. The van der Waals surface area contributed by atoms with Gasteiger partial charge in [-0.1, -0.05) is 0 Å². The summed E-state index contributed by atoms with van der Waals surface area (Å²) in [4.78, 5) is 40.3. The second-order valence-corrected chi connectivity index (χ2v) is 5.95. The molecule has 0 aliphatic carbocycles. The van der Waals surface area contributed by atoms with E-state index >= 15 is 0 Å². The molecule has 1 N–H and O–H groups in total. The van der Waals surface area contributed by atoms with Gasteiger partial charge in [-0.2, -0.15) is 0 Å². The van der Waals surface area contributed by atoms with Crippen molar-refractivity contribution in [2.45, 2.75) is 13.5 Å². The van der Waals surface area contributed by atoms with Crippen LogP contribution in [0.5, 0.6) is 0 Å². The Balaban J connectivity index is 1.57. The average Bonchev–Trinajstić information content (AvgIpc) is 2.73. The molecular weight excluding hydrogens is 348 g/mol. The molecule has 1 aliphatic heterocycles. The molecule has 2 aromatic rings. The molecule has 27 heavy (non-hydrogen) atoms. The first kappa shape index (κ1) is 18.6. The first-order valence-corrected chi connectivity index (χ1v) is 8.84. The monoisotopic (exact) mass is 370 g/mol. The highest BCUT2D eigenvalue weighted by molar-refractivity contribution is 5.92. The standard InChI is InChI=1S/C18H22N6O3/c1-2-27-18(26)24-11-9-23(10-12-24)17-20-8-5-15(22-17)16(25)21-13-14-3-6-19-7-4-14/h3-8H,2,9-13H2,1H3,(H,21,25). The molecule has 9 heteroatoms. The maximum absolute atomic E-state index is 12.4. The second kappa shape index (κ2) is 8.93. The van der Waals surface area contributed by atoms with Gasteiger partial charge in [0.05, 0.1) is 6.61 Å². The average molecular weight is 370 g/mol. The summed E-state index contributed by atoms with van der Waals surface area (Å²) in [6.07, 6.45) is 4.63. The van der Waals surface area contributed by atoms with Crippen LogP contribution in [0.15, 0.2) is 36.8 Å². The van der Waals surface area contributed by atoms with Crippen LogP contribution >= 0.6 is 0 Å². The van der Waals surface area contributed by atoms with Crippen LogP contribution in [0.3, 0.4) is 0 Å². The topological polar surface area (TPSA) is 101 Å². The minimum Gasteiger partial charge on any atom is -0.450 e. The van der Waals surface area contributed by atoms with Crippen LogP contribution in [0.25, 0.3) is 0 Å². The van der Waals surface area contributed by atoms with Gasteiger partial charge in [0.1, 0.15) is 5.69 Å². The van der Waals surface area contributed by atoms with Crippen LogP contribution in [0.1, 0.15) is 23.0 Å². The van der Waals surface area contributed by atoms with E-state index in [9.17, 15) is 9.59 Å². The predicted molar refractivity (Wildman–Crippen MR) is 98.2 cm³/mol. The third-order valence-corrected chi connectivity index (χ3v) is 4.17. The number of amides is 2. The van der Waals surface area contributed by atoms with Crippen molar-refractivity contribution in [1.82, 2.24) is 25.2 Å². The summed E-state index contributed by atoms with van der Waals surface area (Å²) in [5, 5.41) is 2.84. The summed E-state index contributed by atoms with van der Waals surface area (Å²) in [6.45, 7) is 4.77. The van der Waals surface area contributed by atoms with Crippen molar-refractivity contribution in [3.05, 3.63) is 48.0 Å². The van der Waals surface area contributed by atoms with Gasteiger partial charge in [0, 0.05) is 51.3 Å². The number of nitrogens with one attached hydrogen (secondary N) is 1. The third-order valence-electron chi connectivity index (χ3n) is 4.17. The van der Waals surface area contributed by atoms with Crippen LogP contribution in [0.2, 0.25) is 0 Å². The minimum atomic E-state index is -0.303. The fourth-order valence-electron chi connectivity index (χ4n) is 2.70. The number of aromatic nitrogens is 3. The summed E-state index contributed by atoms with van der Waals surface area (Å²) in [6, 6.07) is 5.27. The summed E-state index contributed by atoms with van der Waals surface area (Å²) in [5.74, 6) is 0.218. The van der Waals surface area contributed by atoms with Crippen molar-refractivity contribution in [3.8, 4) is 0 Å². The van der Waals surface area contributed by atoms with Crippen molar-refractivity contribution >= 4 is 17.9 Å². The largest absolute Gasteiger partial charge is 0.450 e. The Bertz CT molecular complexity index is 778. The highest BCUT2D eigenvalue weighted by Gasteiger charge is 2.23. The van der Waals surface area contributed by atoms with Gasteiger partial charge in [-0.05, 0) is 30.7 Å². The van der Waals surface area contributed by atoms with E-state index in [1.807, 2.05) is 17.0 Å². The lowest BCUT2D eigenvalue weighted by Gasteiger charge is -2.34. The molecule has 2 amide bonds. The van der Waals surface area contributed by atoms with Crippen molar-refractivity contribution in [1.29, 1.82) is 0 Å². The second-order valence-electron chi connectivity index (χ2n) is 5.95. The molecule has 1 fully saturated rings. The fourth-order valence-corrected chi connectivity index (χ4v) is 2.70. The number of nitrogens with zero attached hydrogens (tertiary/aromatic N) is 5. The molecule has 0 unspecified atom stereocenters. The summed E-state index contributed by atoms with van der Waals surface area (Å²) < 4.78 is 5.02. The van der Waals surface area contributed by atoms with Crippen LogP contribution in [0.4, 0.5) is 10.7 Å². The molecular formula is C18H22N6O3. The Kier molecular flexibility index (Phi) is 6.14. The molecule has 9 nitrogen and oxygen atoms in total. The number of hydrogen-bond acceptors (Lipinski definition) is 7. The first-order chi connectivity index (χ1) is 13.2. The van der Waals surface area contributed by atoms with E-state index in [0.717, 1.165) is 5.56 Å². The number of carbonyl (C=O) groups is 2. The van der Waals surface area contributed by atoms with E-state index < -0.39 is 0 Å². The van der Waals surface area contributed by atoms with E-state index in [4.69, 9.17) is 4.74 Å². The summed E-state index contributed by atoms with van der Waals surface area (Å²) >= 11 is 0. The molecule has 0 aromatic carbocycles. The van der Waals surface area contributed by atoms with Gasteiger partial charge in [-0.3, -0.25) is 9.78 Å². The van der Waals surface area contributed by atoms with Gasteiger partial charge < -0.3 is 19.9 Å². The van der Waals surface area contributed by atoms with Gasteiger partial charge in [0.15, 0.2) is 0 Å². The van der Waals surface area contributed by atoms with E-state index in [1.165, 1.54) is 0 Å². The Morgan fingerprint density at radius 3 is 2.56 bits per heavy atom. The quantitative estimate of drug-likeness (QED) is 0.840. The number of piperazine rings is 1. The number of anilines is 1. The van der Waals surface area contributed by atoms with Crippen molar-refractivity contribution < 1.29 is 14.3 Å². The molecule has 142 valence electrons. The number of pyridine rings is 1. The Morgan fingerprint density at radius 1 is 1.11 bits per heavy atom. The Hall–Kier alpha value is -3.23. The van der Waals surface area contributed by atoms with Gasteiger partial charge >= 0.3 is 6.09 Å². The maximum Gasteiger partial charge on any atom is 0.409 e. The molecule has 0 atom stereocenters. The predicted octanol–water partition coefficient (Wildman–Crippen LogP) is 1.08. The summed E-state index contributed by atoms with van der Waals surface area (Å²) in [7, 11) is 0. The lowest BCUT2D eigenvalue weighted by Crippen LogP contribution is -2.49. The van der Waals surface area contributed by atoms with E-state index in [2.05, 4.69) is 20.3 Å². The van der Waals surface area contributed by atoms with Crippen LogP contribution < -0.4 is 10.2 Å². The zero-order valence-corrected chi connectivity index (χ0v) is 15.2. The smallest absolute Gasteiger partial charge is 0.409 e. The molecule has 0 saturated carbocycles. The van der Waals surface area contributed by atoms with E-state index in [0.29, 0.717) is 51.0 Å². The molecule has 3 heterocycles. The molecule has 1 saturated heterocycles. The molecule has 0 spiro atoms. The first-order valence-electron chi connectivity index (χ1n) is 8.84. The van der Waals surface area contributed by atoms with Crippen LogP contribution in [-0.4, -0.2) is 64.6 Å². The van der Waals surface area contributed by atoms with Crippen molar-refractivity contribution in [2.75, 3.05) is 37.7 Å². The minimum absolute atomic E-state index is 0.263. The SMILES string of the molecule is CCOC(=O)N1CCN(c2nccc(C(=O)NCc3ccncc3)n2)CC1. The molecule has 1 aliphatic rings. The number of rotatable bonds is 5. The van der Waals surface area contributed by atoms with Gasteiger partial charge in [-0.25, -0.2) is 14.8 Å². The number of hydrogen-bond donors (Lipinski definition) is 1. The van der Waals surface area contributed by atoms with E-state index in [-0.39, 0.29) is 12.0 Å². The van der Waals surface area contributed by atoms with Crippen molar-refractivity contribution in [2.24, 2.45) is 0 Å².